The third-order valence-corrected chi connectivity index (χ3v) is 3.80. The number of ether oxygens (including phenoxy) is 1. The van der Waals surface area contributed by atoms with Gasteiger partial charge in [0.15, 0.2) is 6.61 Å². The second kappa shape index (κ2) is 9.36. The average molecular weight is 398 g/mol. The first kappa shape index (κ1) is 20.7. The number of hydrogen-bond acceptors (Lipinski definition) is 5. The minimum Gasteiger partial charge on any atom is -0.471 e. The summed E-state index contributed by atoms with van der Waals surface area (Å²) in [4.78, 5) is 31.6. The zero-order chi connectivity index (χ0) is 20.0. The molecule has 0 saturated heterocycles. The smallest absolute Gasteiger partial charge is 0.272 e. The number of alkyl halides is 2. The number of nitrogens with one attached hydrogen (secondary N) is 1. The van der Waals surface area contributed by atoms with Gasteiger partial charge in [0, 0.05) is 30.1 Å². The number of Topliss-reactive ketones (excluding diaryl/α,β-unsaturated/α-hetero) is 1. The van der Waals surface area contributed by atoms with Crippen LogP contribution in [-0.4, -0.2) is 34.7 Å². The van der Waals surface area contributed by atoms with Crippen LogP contribution in [0.4, 0.5) is 8.78 Å². The predicted molar refractivity (Wildman–Crippen MR) is 95.2 cm³/mol. The summed E-state index contributed by atoms with van der Waals surface area (Å²) in [5.74, 6) is -0.505. The summed E-state index contributed by atoms with van der Waals surface area (Å²) in [5, 5.41) is 2.85. The molecule has 0 aliphatic carbocycles. The maximum absolute atomic E-state index is 12.4. The van der Waals surface area contributed by atoms with E-state index in [4.69, 9.17) is 16.3 Å². The first-order valence-electron chi connectivity index (χ1n) is 8.08. The Morgan fingerprint density at radius 2 is 2.04 bits per heavy atom. The number of carbonyl (C=O) groups excluding carboxylic acids is 2. The number of amides is 1. The molecule has 2 aromatic heterocycles. The standard InChI is InChI=1S/C18H18ClF2N3O3/c1-10(25)5-14-6-12(3-4-22-14)17(26)24-11(2)13-7-15(19)18(23-8-13)27-9-16(20)21/h3-4,6-8,11,16H,5,9H2,1-2H3,(H,24,26). The van der Waals surface area contributed by atoms with E-state index in [1.807, 2.05) is 0 Å². The van der Waals surface area contributed by atoms with Crippen molar-refractivity contribution in [3.8, 4) is 5.88 Å². The fourth-order valence-corrected chi connectivity index (χ4v) is 2.49. The summed E-state index contributed by atoms with van der Waals surface area (Å²) in [6.07, 6.45) is 0.376. The predicted octanol–water partition coefficient (Wildman–Crippen LogP) is 3.40. The normalized spacial score (nSPS) is 11.9. The van der Waals surface area contributed by atoms with E-state index in [2.05, 4.69) is 15.3 Å². The van der Waals surface area contributed by atoms with E-state index in [1.165, 1.54) is 31.5 Å². The van der Waals surface area contributed by atoms with Gasteiger partial charge in [-0.3, -0.25) is 14.6 Å². The molecule has 1 unspecified atom stereocenters. The third-order valence-electron chi connectivity index (χ3n) is 3.53. The largest absolute Gasteiger partial charge is 0.471 e. The number of rotatable bonds is 8. The zero-order valence-electron chi connectivity index (χ0n) is 14.7. The minimum atomic E-state index is -2.63. The molecule has 6 nitrogen and oxygen atoms in total. The Hall–Kier alpha value is -2.61. The average Bonchev–Trinajstić information content (AvgIpc) is 2.60. The second-order valence-corrected chi connectivity index (χ2v) is 6.27. The second-order valence-electron chi connectivity index (χ2n) is 5.87. The number of ketones is 1. The Bertz CT molecular complexity index is 833. The van der Waals surface area contributed by atoms with Crippen LogP contribution in [0.2, 0.25) is 5.02 Å². The molecule has 1 N–H and O–H groups in total. The van der Waals surface area contributed by atoms with E-state index in [1.54, 1.807) is 13.0 Å². The number of hydrogen-bond donors (Lipinski definition) is 1. The van der Waals surface area contributed by atoms with E-state index in [9.17, 15) is 18.4 Å². The Morgan fingerprint density at radius 1 is 1.30 bits per heavy atom. The monoisotopic (exact) mass is 397 g/mol. The zero-order valence-corrected chi connectivity index (χ0v) is 15.5. The highest BCUT2D eigenvalue weighted by Crippen LogP contribution is 2.25. The molecule has 0 saturated carbocycles. The molecule has 9 heteroatoms. The van der Waals surface area contributed by atoms with Crippen molar-refractivity contribution in [1.29, 1.82) is 0 Å². The number of aromatic nitrogens is 2. The van der Waals surface area contributed by atoms with Crippen LogP contribution in [-0.2, 0) is 11.2 Å². The van der Waals surface area contributed by atoms with Crippen LogP contribution >= 0.6 is 11.6 Å². The molecular weight excluding hydrogens is 380 g/mol. The Morgan fingerprint density at radius 3 is 2.67 bits per heavy atom. The van der Waals surface area contributed by atoms with Crippen molar-refractivity contribution in [2.45, 2.75) is 32.7 Å². The van der Waals surface area contributed by atoms with Crippen molar-refractivity contribution in [1.82, 2.24) is 15.3 Å². The lowest BCUT2D eigenvalue weighted by Gasteiger charge is -2.15. The lowest BCUT2D eigenvalue weighted by atomic mass is 10.1. The van der Waals surface area contributed by atoms with Crippen LogP contribution in [0.1, 0.15) is 41.5 Å². The van der Waals surface area contributed by atoms with Crippen LogP contribution in [0.15, 0.2) is 30.6 Å². The summed E-state index contributed by atoms with van der Waals surface area (Å²) in [7, 11) is 0. The molecule has 2 heterocycles. The van der Waals surface area contributed by atoms with E-state index in [0.717, 1.165) is 0 Å². The van der Waals surface area contributed by atoms with Gasteiger partial charge in [0.25, 0.3) is 12.3 Å². The van der Waals surface area contributed by atoms with Crippen molar-refractivity contribution in [2.75, 3.05) is 6.61 Å². The summed E-state index contributed by atoms with van der Waals surface area (Å²) >= 11 is 5.99. The number of carbonyl (C=O) groups is 2. The molecule has 2 aromatic rings. The maximum Gasteiger partial charge on any atom is 0.272 e. The number of nitrogens with zero attached hydrogens (tertiary/aromatic N) is 2. The van der Waals surface area contributed by atoms with Gasteiger partial charge < -0.3 is 10.1 Å². The van der Waals surface area contributed by atoms with Crippen molar-refractivity contribution >= 4 is 23.3 Å². The third kappa shape index (κ3) is 6.25. The molecular formula is C18H18ClF2N3O3. The molecule has 0 spiro atoms. The fourth-order valence-electron chi connectivity index (χ4n) is 2.26. The first-order valence-corrected chi connectivity index (χ1v) is 8.45. The molecule has 0 aliphatic rings. The fraction of sp³-hybridized carbons (Fsp3) is 0.333. The SMILES string of the molecule is CC(=O)Cc1cc(C(=O)NC(C)c2cnc(OCC(F)F)c(Cl)c2)ccn1. The number of pyridine rings is 2. The van der Waals surface area contributed by atoms with Crippen LogP contribution < -0.4 is 10.1 Å². The van der Waals surface area contributed by atoms with Crippen molar-refractivity contribution in [2.24, 2.45) is 0 Å². The summed E-state index contributed by atoms with van der Waals surface area (Å²) in [5.41, 5.74) is 1.45. The minimum absolute atomic E-state index is 0.0525. The van der Waals surface area contributed by atoms with Crippen molar-refractivity contribution < 1.29 is 23.1 Å². The van der Waals surface area contributed by atoms with Crippen LogP contribution in [0, 0.1) is 0 Å². The summed E-state index contributed by atoms with van der Waals surface area (Å²) < 4.78 is 29.2. The van der Waals surface area contributed by atoms with Gasteiger partial charge >= 0.3 is 0 Å². The number of halogens is 3. The Kier molecular flexibility index (Phi) is 7.18. The quantitative estimate of drug-likeness (QED) is 0.738. The van der Waals surface area contributed by atoms with Gasteiger partial charge in [-0.15, -0.1) is 0 Å². The first-order chi connectivity index (χ1) is 12.8. The lowest BCUT2D eigenvalue weighted by molar-refractivity contribution is -0.116. The molecule has 1 amide bonds. The van der Waals surface area contributed by atoms with E-state index in [0.29, 0.717) is 16.8 Å². The molecule has 144 valence electrons. The molecule has 0 radical (unpaired) electrons. The van der Waals surface area contributed by atoms with E-state index >= 15 is 0 Å². The molecule has 0 fully saturated rings. The summed E-state index contributed by atoms with van der Waals surface area (Å²) in [6, 6.07) is 4.14. The van der Waals surface area contributed by atoms with E-state index in [-0.39, 0.29) is 29.0 Å². The van der Waals surface area contributed by atoms with Gasteiger partial charge in [-0.1, -0.05) is 11.6 Å². The van der Waals surface area contributed by atoms with Crippen molar-refractivity contribution in [3.05, 3.63) is 52.4 Å². The molecule has 27 heavy (non-hydrogen) atoms. The van der Waals surface area contributed by atoms with Gasteiger partial charge in [-0.25, -0.2) is 13.8 Å². The van der Waals surface area contributed by atoms with Crippen LogP contribution in [0.25, 0.3) is 0 Å². The lowest BCUT2D eigenvalue weighted by Crippen LogP contribution is -2.27. The Balaban J connectivity index is 2.06. The molecule has 0 bridgehead atoms. The topological polar surface area (TPSA) is 81.2 Å². The highest BCUT2D eigenvalue weighted by Gasteiger charge is 2.15. The van der Waals surface area contributed by atoms with E-state index < -0.39 is 19.1 Å². The molecule has 0 aromatic carbocycles. The molecule has 0 aliphatic heterocycles. The van der Waals surface area contributed by atoms with Crippen molar-refractivity contribution in [3.63, 3.8) is 0 Å². The van der Waals surface area contributed by atoms with Crippen LogP contribution in [0.3, 0.4) is 0 Å². The molecule has 2 rings (SSSR count). The molecule has 1 atom stereocenters. The van der Waals surface area contributed by atoms with Crippen LogP contribution in [0.5, 0.6) is 5.88 Å². The highest BCUT2D eigenvalue weighted by molar-refractivity contribution is 6.31. The van der Waals surface area contributed by atoms with Gasteiger partial charge in [-0.05, 0) is 37.6 Å². The summed E-state index contributed by atoms with van der Waals surface area (Å²) in [6.45, 7) is 2.37. The van der Waals surface area contributed by atoms with Gasteiger partial charge in [-0.2, -0.15) is 0 Å². The van der Waals surface area contributed by atoms with Gasteiger partial charge in [0.1, 0.15) is 10.8 Å². The Labute approximate surface area is 159 Å². The maximum atomic E-state index is 12.4. The van der Waals surface area contributed by atoms with Gasteiger partial charge in [0.05, 0.1) is 6.04 Å². The van der Waals surface area contributed by atoms with Gasteiger partial charge in [0.2, 0.25) is 5.88 Å². The highest BCUT2D eigenvalue weighted by atomic mass is 35.5.